The first-order chi connectivity index (χ1) is 7.09. The molecular formula is C10H17F3OSi. The van der Waals surface area contributed by atoms with Gasteiger partial charge in [-0.15, -0.1) is 6.58 Å². The molecule has 15 heavy (non-hydrogen) atoms. The highest BCUT2D eigenvalue weighted by molar-refractivity contribution is 6.74. The molecule has 1 rings (SSSR count). The van der Waals surface area contributed by atoms with Crippen LogP contribution in [0.2, 0.25) is 18.1 Å². The van der Waals surface area contributed by atoms with Crippen molar-refractivity contribution in [3.8, 4) is 0 Å². The van der Waals surface area contributed by atoms with Crippen molar-refractivity contribution in [3.05, 3.63) is 12.7 Å². The van der Waals surface area contributed by atoms with Crippen LogP contribution in [-0.4, -0.2) is 27.5 Å². The lowest BCUT2D eigenvalue weighted by Crippen LogP contribution is -2.44. The predicted octanol–water partition coefficient (Wildman–Crippen LogP) is 3.53. The maximum atomic E-state index is 13.0. The van der Waals surface area contributed by atoms with Crippen molar-refractivity contribution in [1.82, 2.24) is 0 Å². The highest BCUT2D eigenvalue weighted by Crippen LogP contribution is 2.33. The average Bonchev–Trinajstić information content (AvgIpc) is 2.19. The van der Waals surface area contributed by atoms with E-state index >= 15 is 0 Å². The molecule has 0 bridgehead atoms. The summed E-state index contributed by atoms with van der Waals surface area (Å²) in [6.07, 6.45) is -1.32. The third-order valence-corrected chi connectivity index (χ3v) is 7.04. The third-order valence-electron chi connectivity index (χ3n) is 2.79. The molecule has 88 valence electrons. The molecule has 0 radical (unpaired) electrons. The van der Waals surface area contributed by atoms with E-state index in [4.69, 9.17) is 4.43 Å². The summed E-state index contributed by atoms with van der Waals surface area (Å²) in [6.45, 7) is 4.19. The molecule has 2 unspecified atom stereocenters. The lowest BCUT2D eigenvalue weighted by atomic mass is 10.4. The molecule has 0 N–H and O–H groups in total. The van der Waals surface area contributed by atoms with E-state index in [-0.39, 0.29) is 6.04 Å². The Morgan fingerprint density at radius 2 is 2.07 bits per heavy atom. The molecule has 5 heteroatoms. The normalized spacial score (nSPS) is 29.1. The van der Waals surface area contributed by atoms with E-state index in [1.54, 1.807) is 6.08 Å². The summed E-state index contributed by atoms with van der Waals surface area (Å²) in [5, 5.41) is 0. The lowest BCUT2D eigenvalue weighted by molar-refractivity contribution is 0.0562. The number of allylic oxidation sites excluding steroid dienone is 1. The van der Waals surface area contributed by atoms with Gasteiger partial charge in [0.05, 0.1) is 0 Å². The monoisotopic (exact) mass is 238 g/mol. The van der Waals surface area contributed by atoms with Crippen molar-refractivity contribution in [3.63, 3.8) is 0 Å². The van der Waals surface area contributed by atoms with Crippen LogP contribution in [0, 0.1) is 0 Å². The molecule has 0 spiro atoms. The zero-order chi connectivity index (χ0) is 11.3. The second-order valence-corrected chi connectivity index (χ2v) is 8.01. The number of hydrogen-bond acceptors (Lipinski definition) is 1. The molecule has 0 aromatic heterocycles. The summed E-state index contributed by atoms with van der Waals surface area (Å²) in [7, 11) is -2.28. The fraction of sp³-hybridized carbons (Fsp3) is 0.800. The fourth-order valence-corrected chi connectivity index (χ4v) is 5.86. The van der Waals surface area contributed by atoms with Crippen LogP contribution in [0.25, 0.3) is 0 Å². The molecule has 1 aliphatic rings. The number of hydrogen-bond donors (Lipinski definition) is 0. The average molecular weight is 238 g/mol. The van der Waals surface area contributed by atoms with Crippen LogP contribution in [0.3, 0.4) is 0 Å². The van der Waals surface area contributed by atoms with Gasteiger partial charge in [-0.1, -0.05) is 12.5 Å². The maximum absolute atomic E-state index is 13.0. The highest BCUT2D eigenvalue weighted by atomic mass is 28.4. The number of rotatable bonds is 5. The van der Waals surface area contributed by atoms with Gasteiger partial charge in [0.2, 0.25) is 0 Å². The van der Waals surface area contributed by atoms with Crippen molar-refractivity contribution < 1.29 is 17.6 Å². The van der Waals surface area contributed by atoms with E-state index < -0.39 is 20.9 Å². The van der Waals surface area contributed by atoms with Gasteiger partial charge < -0.3 is 4.43 Å². The first-order valence-electron chi connectivity index (χ1n) is 5.27. The second-order valence-electron chi connectivity index (χ2n) is 4.04. The minimum absolute atomic E-state index is 0.0866. The summed E-state index contributed by atoms with van der Waals surface area (Å²) in [5.74, 6) is 0. The Kier molecular flexibility index (Phi) is 4.85. The van der Waals surface area contributed by atoms with Crippen LogP contribution in [0.1, 0.15) is 12.8 Å². The zero-order valence-corrected chi connectivity index (χ0v) is 9.72. The van der Waals surface area contributed by atoms with Gasteiger partial charge in [0, 0.05) is 12.7 Å². The van der Waals surface area contributed by atoms with Gasteiger partial charge in [-0.25, -0.2) is 13.2 Å². The molecule has 0 aromatic rings. The fourth-order valence-electron chi connectivity index (χ4n) is 2.02. The Morgan fingerprint density at radius 3 is 2.53 bits per heavy atom. The Labute approximate surface area is 89.4 Å². The first-order valence-corrected chi connectivity index (χ1v) is 7.80. The Bertz CT molecular complexity index is 205. The van der Waals surface area contributed by atoms with Crippen LogP contribution in [0.4, 0.5) is 13.2 Å². The highest BCUT2D eigenvalue weighted by Gasteiger charge is 2.40. The van der Waals surface area contributed by atoms with E-state index in [0.717, 1.165) is 18.9 Å². The molecule has 1 nitrogen and oxygen atoms in total. The Morgan fingerprint density at radius 1 is 1.33 bits per heavy atom. The summed E-state index contributed by atoms with van der Waals surface area (Å²) >= 11 is 0. The first kappa shape index (κ1) is 12.8. The summed E-state index contributed by atoms with van der Waals surface area (Å²) in [5.41, 5.74) is 0. The molecule has 0 amide bonds. The van der Waals surface area contributed by atoms with Crippen molar-refractivity contribution in [2.75, 3.05) is 6.61 Å². The van der Waals surface area contributed by atoms with Crippen LogP contribution in [0.15, 0.2) is 12.7 Å². The summed E-state index contributed by atoms with van der Waals surface area (Å²) in [4.78, 5) is 0. The maximum Gasteiger partial charge on any atom is 0.269 e. The summed E-state index contributed by atoms with van der Waals surface area (Å²) < 4.78 is 43.0. The SMILES string of the molecule is C=CC[Si]1(CC(F)C(F)F)CCCCO1. The van der Waals surface area contributed by atoms with E-state index in [9.17, 15) is 13.2 Å². The molecule has 0 saturated carbocycles. The van der Waals surface area contributed by atoms with Gasteiger partial charge in [0.25, 0.3) is 6.43 Å². The second kappa shape index (κ2) is 5.70. The van der Waals surface area contributed by atoms with Gasteiger partial charge in [-0.2, -0.15) is 0 Å². The standard InChI is InChI=1S/C10H17F3OSi/c1-2-6-15(7-4-3-5-14-15)8-9(11)10(12)13/h2,9-10H,1,3-8H2. The van der Waals surface area contributed by atoms with Gasteiger partial charge in [-0.05, 0) is 18.5 Å². The van der Waals surface area contributed by atoms with E-state index in [2.05, 4.69) is 6.58 Å². The minimum Gasteiger partial charge on any atom is -0.416 e. The lowest BCUT2D eigenvalue weighted by Gasteiger charge is -2.35. The molecule has 2 atom stereocenters. The van der Waals surface area contributed by atoms with Gasteiger partial charge in [0.1, 0.15) is 0 Å². The molecule has 1 aliphatic heterocycles. The van der Waals surface area contributed by atoms with Crippen LogP contribution in [-0.2, 0) is 4.43 Å². The van der Waals surface area contributed by atoms with Gasteiger partial charge in [-0.3, -0.25) is 0 Å². The number of alkyl halides is 3. The largest absolute Gasteiger partial charge is 0.416 e. The summed E-state index contributed by atoms with van der Waals surface area (Å²) in [6, 6.07) is 1.28. The van der Waals surface area contributed by atoms with E-state index in [0.29, 0.717) is 12.7 Å². The predicted molar refractivity (Wildman–Crippen MR) is 56.5 cm³/mol. The third kappa shape index (κ3) is 3.64. The van der Waals surface area contributed by atoms with Crippen molar-refractivity contribution >= 4 is 8.32 Å². The van der Waals surface area contributed by atoms with Gasteiger partial charge >= 0.3 is 0 Å². The van der Waals surface area contributed by atoms with Crippen LogP contribution >= 0.6 is 0 Å². The van der Waals surface area contributed by atoms with Crippen molar-refractivity contribution in [2.24, 2.45) is 0 Å². The molecule has 1 saturated heterocycles. The molecule has 1 heterocycles. The van der Waals surface area contributed by atoms with Crippen LogP contribution < -0.4 is 0 Å². The molecule has 1 fully saturated rings. The molecule has 0 aliphatic carbocycles. The Hall–Kier alpha value is -0.293. The van der Waals surface area contributed by atoms with Crippen molar-refractivity contribution in [1.29, 1.82) is 0 Å². The van der Waals surface area contributed by atoms with Crippen LogP contribution in [0.5, 0.6) is 0 Å². The van der Waals surface area contributed by atoms with E-state index in [1.165, 1.54) is 0 Å². The van der Waals surface area contributed by atoms with E-state index in [1.807, 2.05) is 0 Å². The molecule has 0 aromatic carbocycles. The molecular weight excluding hydrogens is 221 g/mol. The smallest absolute Gasteiger partial charge is 0.269 e. The quantitative estimate of drug-likeness (QED) is 0.526. The minimum atomic E-state index is -2.88. The van der Waals surface area contributed by atoms with Crippen molar-refractivity contribution in [2.45, 2.75) is 43.6 Å². The Balaban J connectivity index is 2.59. The number of halogens is 3. The van der Waals surface area contributed by atoms with Gasteiger partial charge in [0.15, 0.2) is 14.5 Å². The topological polar surface area (TPSA) is 9.23 Å². The zero-order valence-electron chi connectivity index (χ0n) is 8.72.